The maximum absolute atomic E-state index is 11.9. The van der Waals surface area contributed by atoms with Crippen LogP contribution in [0.2, 0.25) is 0 Å². The van der Waals surface area contributed by atoms with E-state index in [2.05, 4.69) is 22.5 Å². The number of carbonyl (C=O) groups excluding carboxylic acids is 1. The Morgan fingerprint density at radius 1 is 1.35 bits per heavy atom. The lowest BCUT2D eigenvalue weighted by atomic mass is 9.94. The largest absolute Gasteiger partial charge is 0.356 e. The second-order valence-corrected chi connectivity index (χ2v) is 6.67. The number of nitrogens with one attached hydrogen (secondary N) is 2. The van der Waals surface area contributed by atoms with E-state index >= 15 is 0 Å². The Morgan fingerprint density at radius 3 is 2.85 bits per heavy atom. The Bertz CT molecular complexity index is 283. The van der Waals surface area contributed by atoms with Crippen LogP contribution in [0.5, 0.6) is 0 Å². The first-order valence-corrected chi connectivity index (χ1v) is 8.44. The normalized spacial score (nSPS) is 25.6. The van der Waals surface area contributed by atoms with Gasteiger partial charge >= 0.3 is 0 Å². The zero-order valence-electron chi connectivity index (χ0n) is 13.0. The average Bonchev–Trinajstić information content (AvgIpc) is 2.97. The van der Waals surface area contributed by atoms with Crippen LogP contribution in [0.4, 0.5) is 0 Å². The van der Waals surface area contributed by atoms with E-state index in [9.17, 15) is 4.79 Å². The van der Waals surface area contributed by atoms with Crippen LogP contribution in [0, 0.1) is 11.8 Å². The summed E-state index contributed by atoms with van der Waals surface area (Å²) < 4.78 is 0. The number of hydrogen-bond acceptors (Lipinski definition) is 3. The molecule has 0 aromatic rings. The van der Waals surface area contributed by atoms with Crippen LogP contribution in [0.25, 0.3) is 0 Å². The second kappa shape index (κ2) is 8.63. The summed E-state index contributed by atoms with van der Waals surface area (Å²) in [6.45, 7) is 8.93. The summed E-state index contributed by atoms with van der Waals surface area (Å²) in [4.78, 5) is 14.4. The number of carbonyl (C=O) groups is 1. The monoisotopic (exact) mass is 281 g/mol. The van der Waals surface area contributed by atoms with E-state index in [-0.39, 0.29) is 5.91 Å². The lowest BCUT2D eigenvalue weighted by Crippen LogP contribution is -2.35. The second-order valence-electron chi connectivity index (χ2n) is 6.67. The molecule has 0 spiro atoms. The molecule has 2 fully saturated rings. The molecule has 2 heterocycles. The first kappa shape index (κ1) is 15.8. The maximum atomic E-state index is 11.9. The van der Waals surface area contributed by atoms with Crippen molar-refractivity contribution >= 4 is 5.91 Å². The summed E-state index contributed by atoms with van der Waals surface area (Å²) in [6, 6.07) is 0. The summed E-state index contributed by atoms with van der Waals surface area (Å²) in [7, 11) is 0. The highest BCUT2D eigenvalue weighted by Crippen LogP contribution is 2.15. The zero-order valence-corrected chi connectivity index (χ0v) is 13.0. The van der Waals surface area contributed by atoms with Gasteiger partial charge in [0.15, 0.2) is 0 Å². The number of hydrogen-bond donors (Lipinski definition) is 2. The van der Waals surface area contributed by atoms with Crippen molar-refractivity contribution in [3.63, 3.8) is 0 Å². The van der Waals surface area contributed by atoms with Crippen molar-refractivity contribution in [3.8, 4) is 0 Å². The van der Waals surface area contributed by atoms with Crippen molar-refractivity contribution in [2.24, 2.45) is 11.8 Å². The molecule has 4 nitrogen and oxygen atoms in total. The lowest BCUT2D eigenvalue weighted by molar-refractivity contribution is -0.121. The molecule has 0 bridgehead atoms. The molecule has 0 radical (unpaired) electrons. The highest BCUT2D eigenvalue weighted by atomic mass is 16.1. The summed E-state index contributed by atoms with van der Waals surface area (Å²) in [6.07, 6.45) is 6.97. The highest BCUT2D eigenvalue weighted by molar-refractivity contribution is 5.75. The molecular weight excluding hydrogens is 250 g/mol. The van der Waals surface area contributed by atoms with Crippen LogP contribution in [0.1, 0.15) is 45.4 Å². The van der Waals surface area contributed by atoms with Gasteiger partial charge in [0.25, 0.3) is 0 Å². The Labute approximate surface area is 123 Å². The van der Waals surface area contributed by atoms with Crippen molar-refractivity contribution < 1.29 is 4.79 Å². The fraction of sp³-hybridized carbons (Fsp3) is 0.938. The highest BCUT2D eigenvalue weighted by Gasteiger charge is 2.16. The molecule has 0 saturated carbocycles. The molecule has 4 heteroatoms. The number of amides is 1. The van der Waals surface area contributed by atoms with Crippen molar-refractivity contribution in [3.05, 3.63) is 0 Å². The standard InChI is InChI=1S/C16H31N3O/c1-14(13-19-9-2-3-10-19)11-18-16(20)7-6-15-5-4-8-17-12-15/h14-15,17H,2-13H2,1H3,(H,18,20). The molecule has 0 aliphatic carbocycles. The minimum atomic E-state index is 0.240. The minimum absolute atomic E-state index is 0.240. The van der Waals surface area contributed by atoms with Gasteiger partial charge in [-0.2, -0.15) is 0 Å². The van der Waals surface area contributed by atoms with Gasteiger partial charge in [0.05, 0.1) is 0 Å². The molecule has 2 N–H and O–H groups in total. The summed E-state index contributed by atoms with van der Waals surface area (Å²) >= 11 is 0. The smallest absolute Gasteiger partial charge is 0.220 e. The Balaban J connectivity index is 1.52. The van der Waals surface area contributed by atoms with E-state index in [1.165, 1.54) is 38.8 Å². The van der Waals surface area contributed by atoms with Crippen molar-refractivity contribution in [2.75, 3.05) is 39.3 Å². The molecule has 1 amide bonds. The Morgan fingerprint density at radius 2 is 2.15 bits per heavy atom. The quantitative estimate of drug-likeness (QED) is 0.745. The van der Waals surface area contributed by atoms with Gasteiger partial charge in [-0.15, -0.1) is 0 Å². The molecule has 20 heavy (non-hydrogen) atoms. The van der Waals surface area contributed by atoms with E-state index in [1.807, 2.05) is 0 Å². The van der Waals surface area contributed by atoms with Crippen molar-refractivity contribution in [2.45, 2.75) is 45.4 Å². The molecule has 116 valence electrons. The number of rotatable bonds is 7. The van der Waals surface area contributed by atoms with E-state index in [0.717, 1.165) is 32.6 Å². The van der Waals surface area contributed by atoms with Crippen molar-refractivity contribution in [1.82, 2.24) is 15.5 Å². The fourth-order valence-corrected chi connectivity index (χ4v) is 3.35. The summed E-state index contributed by atoms with van der Waals surface area (Å²) in [5, 5.41) is 6.52. The van der Waals surface area contributed by atoms with Crippen LogP contribution in [0.15, 0.2) is 0 Å². The van der Waals surface area contributed by atoms with E-state index in [1.54, 1.807) is 0 Å². The molecule has 0 aromatic carbocycles. The lowest BCUT2D eigenvalue weighted by Gasteiger charge is -2.23. The molecule has 2 aliphatic rings. The van der Waals surface area contributed by atoms with Gasteiger partial charge in [0.1, 0.15) is 0 Å². The van der Waals surface area contributed by atoms with Crippen LogP contribution in [-0.4, -0.2) is 50.1 Å². The van der Waals surface area contributed by atoms with Crippen molar-refractivity contribution in [1.29, 1.82) is 0 Å². The predicted molar refractivity (Wildman–Crippen MR) is 82.7 cm³/mol. The zero-order chi connectivity index (χ0) is 14.2. The minimum Gasteiger partial charge on any atom is -0.356 e. The van der Waals surface area contributed by atoms with Crippen LogP contribution >= 0.6 is 0 Å². The summed E-state index contributed by atoms with van der Waals surface area (Å²) in [5.74, 6) is 1.51. The molecule has 2 aliphatic heterocycles. The molecule has 0 aromatic heterocycles. The molecular formula is C16H31N3O. The molecule has 2 saturated heterocycles. The molecule has 2 unspecified atom stereocenters. The topological polar surface area (TPSA) is 44.4 Å². The third-order valence-corrected chi connectivity index (χ3v) is 4.59. The van der Waals surface area contributed by atoms with E-state index in [0.29, 0.717) is 18.3 Å². The van der Waals surface area contributed by atoms with Crippen LogP contribution in [-0.2, 0) is 4.79 Å². The average molecular weight is 281 g/mol. The van der Waals surface area contributed by atoms with Gasteiger partial charge < -0.3 is 15.5 Å². The number of likely N-dealkylation sites (tertiary alicyclic amines) is 1. The summed E-state index contributed by atoms with van der Waals surface area (Å²) in [5.41, 5.74) is 0. The molecule has 2 rings (SSSR count). The van der Waals surface area contributed by atoms with Crippen LogP contribution < -0.4 is 10.6 Å². The van der Waals surface area contributed by atoms with Gasteiger partial charge in [-0.25, -0.2) is 0 Å². The molecule has 2 atom stereocenters. The van der Waals surface area contributed by atoms with Gasteiger partial charge in [0, 0.05) is 19.5 Å². The van der Waals surface area contributed by atoms with Gasteiger partial charge in [0.2, 0.25) is 5.91 Å². The predicted octanol–water partition coefficient (Wildman–Crippen LogP) is 1.61. The number of piperidine rings is 1. The first-order valence-electron chi connectivity index (χ1n) is 8.44. The third kappa shape index (κ3) is 5.80. The van der Waals surface area contributed by atoms with Gasteiger partial charge in [-0.05, 0) is 70.1 Å². The Hall–Kier alpha value is -0.610. The van der Waals surface area contributed by atoms with Gasteiger partial charge in [-0.1, -0.05) is 6.92 Å². The third-order valence-electron chi connectivity index (χ3n) is 4.59. The Kier molecular flexibility index (Phi) is 6.80. The first-order chi connectivity index (χ1) is 9.74. The van der Waals surface area contributed by atoms with E-state index < -0.39 is 0 Å². The number of nitrogens with zero attached hydrogens (tertiary/aromatic N) is 1. The van der Waals surface area contributed by atoms with E-state index in [4.69, 9.17) is 0 Å². The fourth-order valence-electron chi connectivity index (χ4n) is 3.35. The van der Waals surface area contributed by atoms with Crippen LogP contribution in [0.3, 0.4) is 0 Å². The maximum Gasteiger partial charge on any atom is 0.220 e. The SMILES string of the molecule is CC(CNC(=O)CCC1CCCNC1)CN1CCCC1. The van der Waals surface area contributed by atoms with Gasteiger partial charge in [-0.3, -0.25) is 4.79 Å².